The van der Waals surface area contributed by atoms with Gasteiger partial charge in [0.15, 0.2) is 0 Å². The summed E-state index contributed by atoms with van der Waals surface area (Å²) in [5, 5.41) is 10.5. The van der Waals surface area contributed by atoms with Crippen LogP contribution in [0.5, 0.6) is 0 Å². The zero-order valence-electron chi connectivity index (χ0n) is 11.1. The third-order valence-electron chi connectivity index (χ3n) is 4.17. The van der Waals surface area contributed by atoms with E-state index in [0.717, 1.165) is 11.1 Å². The van der Waals surface area contributed by atoms with Gasteiger partial charge in [-0.2, -0.15) is 0 Å². The van der Waals surface area contributed by atoms with Gasteiger partial charge in [0, 0.05) is 0 Å². The van der Waals surface area contributed by atoms with Crippen LogP contribution in [0.4, 0.5) is 0 Å². The molecule has 1 heteroatoms. The first kappa shape index (κ1) is 12.4. The summed E-state index contributed by atoms with van der Waals surface area (Å²) in [5.74, 6) is 0.697. The number of aliphatic hydroxyl groups excluding tert-OH is 1. The first-order chi connectivity index (χ1) is 9.34. The van der Waals surface area contributed by atoms with Crippen molar-refractivity contribution in [2.75, 3.05) is 0 Å². The molecular weight excluding hydrogens is 232 g/mol. The van der Waals surface area contributed by atoms with Crippen molar-refractivity contribution in [3.05, 3.63) is 71.3 Å². The molecule has 19 heavy (non-hydrogen) atoms. The third kappa shape index (κ3) is 2.71. The van der Waals surface area contributed by atoms with Gasteiger partial charge in [-0.3, -0.25) is 0 Å². The van der Waals surface area contributed by atoms with E-state index in [1.54, 1.807) is 0 Å². The first-order valence-corrected chi connectivity index (χ1v) is 7.17. The van der Waals surface area contributed by atoms with Crippen LogP contribution in [0.25, 0.3) is 0 Å². The molecule has 0 saturated heterocycles. The third-order valence-corrected chi connectivity index (χ3v) is 4.17. The van der Waals surface area contributed by atoms with Gasteiger partial charge in [0.25, 0.3) is 0 Å². The maximum absolute atomic E-state index is 10.5. The molecule has 1 unspecified atom stereocenters. The number of hydrogen-bond acceptors (Lipinski definition) is 1. The van der Waals surface area contributed by atoms with Crippen LogP contribution in [-0.2, 0) is 0 Å². The van der Waals surface area contributed by atoms with E-state index in [4.69, 9.17) is 0 Å². The first-order valence-electron chi connectivity index (χ1n) is 7.17. The lowest BCUT2D eigenvalue weighted by atomic mass is 9.93. The van der Waals surface area contributed by atoms with Gasteiger partial charge in [-0.15, -0.1) is 0 Å². The summed E-state index contributed by atoms with van der Waals surface area (Å²) < 4.78 is 0. The van der Waals surface area contributed by atoms with Gasteiger partial charge in [-0.05, 0) is 35.4 Å². The Bertz CT molecular complexity index is 526. The largest absolute Gasteiger partial charge is 0.384 e. The summed E-state index contributed by atoms with van der Waals surface area (Å²) in [6.45, 7) is 0. The summed E-state index contributed by atoms with van der Waals surface area (Å²) in [6.07, 6.45) is 4.77. The van der Waals surface area contributed by atoms with E-state index in [2.05, 4.69) is 18.2 Å². The number of aliphatic hydroxyl groups is 1. The highest BCUT2D eigenvalue weighted by atomic mass is 16.3. The highest BCUT2D eigenvalue weighted by Crippen LogP contribution is 2.35. The lowest BCUT2D eigenvalue weighted by molar-refractivity contribution is 0.220. The van der Waals surface area contributed by atoms with Crippen molar-refractivity contribution < 1.29 is 5.11 Å². The molecule has 0 radical (unpaired) electrons. The molecular formula is C18H20O. The summed E-state index contributed by atoms with van der Waals surface area (Å²) in [7, 11) is 0. The molecule has 0 aromatic heterocycles. The molecule has 0 bridgehead atoms. The molecule has 1 saturated carbocycles. The predicted octanol–water partition coefficient (Wildman–Crippen LogP) is 4.43. The van der Waals surface area contributed by atoms with Crippen LogP contribution in [-0.4, -0.2) is 5.11 Å². The second-order valence-electron chi connectivity index (χ2n) is 5.46. The summed E-state index contributed by atoms with van der Waals surface area (Å²) >= 11 is 0. The molecule has 1 aliphatic carbocycles. The second kappa shape index (κ2) is 5.58. The minimum atomic E-state index is -0.512. The van der Waals surface area contributed by atoms with Gasteiger partial charge in [0.1, 0.15) is 6.10 Å². The summed E-state index contributed by atoms with van der Waals surface area (Å²) in [6, 6.07) is 18.4. The highest BCUT2D eigenvalue weighted by molar-refractivity contribution is 5.34. The standard InChI is InChI=1S/C18H20O/c19-18(15-9-2-1-3-10-15)17-12-6-11-16(13-17)14-7-4-5-8-14/h1-3,6,9-14,18-19H,4-5,7-8H2. The molecule has 0 amide bonds. The van der Waals surface area contributed by atoms with Crippen LogP contribution in [0.2, 0.25) is 0 Å². The van der Waals surface area contributed by atoms with Crippen LogP contribution in [0, 0.1) is 0 Å². The molecule has 98 valence electrons. The Hall–Kier alpha value is -1.60. The topological polar surface area (TPSA) is 20.2 Å². The molecule has 1 nitrogen and oxygen atoms in total. The fourth-order valence-electron chi connectivity index (χ4n) is 3.07. The van der Waals surface area contributed by atoms with Gasteiger partial charge < -0.3 is 5.11 Å². The zero-order chi connectivity index (χ0) is 13.1. The van der Waals surface area contributed by atoms with E-state index in [-0.39, 0.29) is 0 Å². The van der Waals surface area contributed by atoms with E-state index in [1.165, 1.54) is 31.2 Å². The number of rotatable bonds is 3. The zero-order valence-corrected chi connectivity index (χ0v) is 11.1. The van der Waals surface area contributed by atoms with E-state index < -0.39 is 6.10 Å². The molecule has 1 aliphatic rings. The Morgan fingerprint density at radius 2 is 1.53 bits per heavy atom. The van der Waals surface area contributed by atoms with Gasteiger partial charge in [0.2, 0.25) is 0 Å². The maximum Gasteiger partial charge on any atom is 0.104 e. The monoisotopic (exact) mass is 252 g/mol. The lowest BCUT2D eigenvalue weighted by Crippen LogP contribution is -2.01. The van der Waals surface area contributed by atoms with Crippen molar-refractivity contribution in [2.45, 2.75) is 37.7 Å². The quantitative estimate of drug-likeness (QED) is 0.857. The van der Waals surface area contributed by atoms with Crippen molar-refractivity contribution in [3.8, 4) is 0 Å². The van der Waals surface area contributed by atoms with Crippen molar-refractivity contribution in [1.29, 1.82) is 0 Å². The molecule has 1 fully saturated rings. The summed E-state index contributed by atoms with van der Waals surface area (Å²) in [4.78, 5) is 0. The van der Waals surface area contributed by atoms with Crippen molar-refractivity contribution in [2.24, 2.45) is 0 Å². The van der Waals surface area contributed by atoms with Crippen molar-refractivity contribution in [1.82, 2.24) is 0 Å². The Labute approximate surface area is 114 Å². The lowest BCUT2D eigenvalue weighted by Gasteiger charge is -2.15. The molecule has 1 N–H and O–H groups in total. The minimum Gasteiger partial charge on any atom is -0.384 e. The van der Waals surface area contributed by atoms with Gasteiger partial charge in [0.05, 0.1) is 0 Å². The fourth-order valence-corrected chi connectivity index (χ4v) is 3.07. The molecule has 0 heterocycles. The van der Waals surface area contributed by atoms with E-state index in [0.29, 0.717) is 5.92 Å². The summed E-state index contributed by atoms with van der Waals surface area (Å²) in [5.41, 5.74) is 3.37. The second-order valence-corrected chi connectivity index (χ2v) is 5.46. The van der Waals surface area contributed by atoms with E-state index in [1.807, 2.05) is 36.4 Å². The predicted molar refractivity (Wildman–Crippen MR) is 78.2 cm³/mol. The molecule has 1 atom stereocenters. The number of benzene rings is 2. The smallest absolute Gasteiger partial charge is 0.104 e. The van der Waals surface area contributed by atoms with Crippen molar-refractivity contribution >= 4 is 0 Å². The van der Waals surface area contributed by atoms with E-state index >= 15 is 0 Å². The molecule has 0 spiro atoms. The Kier molecular flexibility index (Phi) is 3.65. The molecule has 2 aromatic rings. The van der Waals surface area contributed by atoms with E-state index in [9.17, 15) is 5.11 Å². The number of hydrogen-bond donors (Lipinski definition) is 1. The van der Waals surface area contributed by atoms with Gasteiger partial charge >= 0.3 is 0 Å². The molecule has 3 rings (SSSR count). The highest BCUT2D eigenvalue weighted by Gasteiger charge is 2.18. The van der Waals surface area contributed by atoms with Crippen LogP contribution < -0.4 is 0 Å². The van der Waals surface area contributed by atoms with Crippen LogP contribution in [0.15, 0.2) is 54.6 Å². The van der Waals surface area contributed by atoms with Gasteiger partial charge in [-0.1, -0.05) is 67.4 Å². The minimum absolute atomic E-state index is 0.512. The average Bonchev–Trinajstić information content (AvgIpc) is 3.02. The molecule has 0 aliphatic heterocycles. The van der Waals surface area contributed by atoms with Crippen LogP contribution in [0.1, 0.15) is 54.4 Å². The van der Waals surface area contributed by atoms with Crippen LogP contribution >= 0.6 is 0 Å². The van der Waals surface area contributed by atoms with Crippen molar-refractivity contribution in [3.63, 3.8) is 0 Å². The maximum atomic E-state index is 10.5. The normalized spacial score (nSPS) is 17.5. The SMILES string of the molecule is OC(c1ccccc1)c1cccc(C2CCCC2)c1. The Balaban J connectivity index is 1.86. The Morgan fingerprint density at radius 1 is 0.842 bits per heavy atom. The van der Waals surface area contributed by atoms with Crippen LogP contribution in [0.3, 0.4) is 0 Å². The fraction of sp³-hybridized carbons (Fsp3) is 0.333. The Morgan fingerprint density at radius 3 is 2.26 bits per heavy atom. The molecule has 2 aromatic carbocycles. The van der Waals surface area contributed by atoms with Gasteiger partial charge in [-0.25, -0.2) is 0 Å². The average molecular weight is 252 g/mol.